The monoisotopic (exact) mass is 582 g/mol. The number of likely N-dealkylation sites (tertiary alicyclic amines) is 1. The summed E-state index contributed by atoms with van der Waals surface area (Å²) in [5.41, 5.74) is 3.62. The van der Waals surface area contributed by atoms with Crippen molar-refractivity contribution in [3.63, 3.8) is 0 Å². The predicted octanol–water partition coefficient (Wildman–Crippen LogP) is 7.38. The number of nitrogens with zero attached hydrogens (tertiary/aromatic N) is 2. The second-order valence-corrected chi connectivity index (χ2v) is 10.5. The molecule has 6 rings (SSSR count). The summed E-state index contributed by atoms with van der Waals surface area (Å²) < 4.78 is 12.1. The van der Waals surface area contributed by atoms with Crippen LogP contribution in [-0.4, -0.2) is 26.7 Å². The van der Waals surface area contributed by atoms with Gasteiger partial charge in [0.25, 0.3) is 11.7 Å². The molecule has 0 bridgehead atoms. The highest BCUT2D eigenvalue weighted by atomic mass is 16.5. The molecular formula is C37H30N2O5. The Morgan fingerprint density at radius 3 is 2.27 bits per heavy atom. The van der Waals surface area contributed by atoms with Crippen LogP contribution in [0.3, 0.4) is 0 Å². The average Bonchev–Trinajstić information content (AvgIpc) is 3.30. The number of amides is 1. The lowest BCUT2D eigenvalue weighted by Crippen LogP contribution is -2.29. The Kier molecular flexibility index (Phi) is 8.19. The molecule has 0 saturated carbocycles. The van der Waals surface area contributed by atoms with E-state index in [1.165, 1.54) is 4.90 Å². The highest BCUT2D eigenvalue weighted by molar-refractivity contribution is 6.46. The lowest BCUT2D eigenvalue weighted by molar-refractivity contribution is -0.140. The summed E-state index contributed by atoms with van der Waals surface area (Å²) in [6.45, 7) is 2.41. The Hall–Kier alpha value is -5.69. The fourth-order valence-corrected chi connectivity index (χ4v) is 5.30. The van der Waals surface area contributed by atoms with Gasteiger partial charge in [-0.2, -0.15) is 0 Å². The number of hydrogen-bond acceptors (Lipinski definition) is 6. The van der Waals surface area contributed by atoms with Crippen LogP contribution in [0.25, 0.3) is 5.76 Å². The van der Waals surface area contributed by atoms with Crippen LogP contribution < -0.4 is 9.47 Å². The predicted molar refractivity (Wildman–Crippen MR) is 167 cm³/mol. The molecule has 0 radical (unpaired) electrons. The van der Waals surface area contributed by atoms with Gasteiger partial charge in [0.2, 0.25) is 0 Å². The number of Topliss-reactive ketones (excluding diaryl/α,β-unsaturated/α-hetero) is 1. The first kappa shape index (κ1) is 28.4. The van der Waals surface area contributed by atoms with E-state index in [4.69, 9.17) is 9.47 Å². The SMILES string of the molecule is Cc1cc(/C(O)=C2\C(=O)C(=O)N(Cc3cccnc3)[C@H]2c2cccc(Oc3ccccc3)c2)ccc1OCc1ccccc1. The van der Waals surface area contributed by atoms with E-state index in [2.05, 4.69) is 4.98 Å². The summed E-state index contributed by atoms with van der Waals surface area (Å²) in [7, 11) is 0. The summed E-state index contributed by atoms with van der Waals surface area (Å²) in [6.07, 6.45) is 3.30. The number of rotatable bonds is 9. The molecule has 1 atom stereocenters. The van der Waals surface area contributed by atoms with Gasteiger partial charge in [-0.15, -0.1) is 0 Å². The first-order valence-electron chi connectivity index (χ1n) is 14.3. The lowest BCUT2D eigenvalue weighted by atomic mass is 9.94. The molecule has 1 N–H and O–H groups in total. The number of pyridine rings is 1. The van der Waals surface area contributed by atoms with Crippen LogP contribution in [0.2, 0.25) is 0 Å². The van der Waals surface area contributed by atoms with E-state index in [9.17, 15) is 14.7 Å². The van der Waals surface area contributed by atoms with Crippen LogP contribution >= 0.6 is 0 Å². The van der Waals surface area contributed by atoms with Crippen molar-refractivity contribution in [1.29, 1.82) is 0 Å². The van der Waals surface area contributed by atoms with Crippen molar-refractivity contribution in [2.24, 2.45) is 0 Å². The van der Waals surface area contributed by atoms with Crippen LogP contribution in [0.5, 0.6) is 17.2 Å². The normalized spacial score (nSPS) is 15.8. The Morgan fingerprint density at radius 2 is 1.55 bits per heavy atom. The highest BCUT2D eigenvalue weighted by Crippen LogP contribution is 2.42. The maximum absolute atomic E-state index is 13.6. The number of aryl methyl sites for hydroxylation is 1. The quantitative estimate of drug-likeness (QED) is 0.111. The fraction of sp³-hybridized carbons (Fsp3) is 0.108. The Morgan fingerprint density at radius 1 is 0.818 bits per heavy atom. The van der Waals surface area contributed by atoms with Crippen molar-refractivity contribution >= 4 is 17.4 Å². The van der Waals surface area contributed by atoms with Gasteiger partial charge in [-0.1, -0.05) is 66.7 Å². The van der Waals surface area contributed by atoms with Crippen molar-refractivity contribution in [2.75, 3.05) is 0 Å². The average molecular weight is 583 g/mol. The summed E-state index contributed by atoms with van der Waals surface area (Å²) in [6, 6.07) is 34.4. The van der Waals surface area contributed by atoms with E-state index in [1.54, 1.807) is 54.9 Å². The number of carbonyl (C=O) groups is 2. The zero-order valence-electron chi connectivity index (χ0n) is 24.1. The first-order valence-corrected chi connectivity index (χ1v) is 14.3. The van der Waals surface area contributed by atoms with E-state index in [0.717, 1.165) is 16.7 Å². The van der Waals surface area contributed by atoms with Crippen molar-refractivity contribution < 1.29 is 24.2 Å². The van der Waals surface area contributed by atoms with Crippen molar-refractivity contribution in [2.45, 2.75) is 26.1 Å². The molecule has 1 amide bonds. The van der Waals surface area contributed by atoms with Gasteiger partial charge in [0.1, 0.15) is 29.6 Å². The Bertz CT molecular complexity index is 1820. The summed E-state index contributed by atoms with van der Waals surface area (Å²) in [5, 5.41) is 11.6. The van der Waals surface area contributed by atoms with Crippen molar-refractivity contribution in [3.8, 4) is 17.2 Å². The number of aromatic nitrogens is 1. The van der Waals surface area contributed by atoms with Gasteiger partial charge in [-0.05, 0) is 77.7 Å². The number of para-hydroxylation sites is 1. The second kappa shape index (κ2) is 12.7. The van der Waals surface area contributed by atoms with Gasteiger partial charge in [0, 0.05) is 24.5 Å². The summed E-state index contributed by atoms with van der Waals surface area (Å²) >= 11 is 0. The number of benzene rings is 4. The van der Waals surface area contributed by atoms with Crippen LogP contribution in [0.1, 0.15) is 33.9 Å². The van der Waals surface area contributed by atoms with E-state index >= 15 is 0 Å². The number of aliphatic hydroxyl groups excluding tert-OH is 1. The standard InChI is InChI=1S/C37H30N2O5/c1-25-20-29(17-18-32(25)43-24-26-10-4-2-5-11-26)35(40)33-34(39(37(42)36(33)41)23-27-12-9-19-38-22-27)28-13-8-16-31(21-28)44-30-14-6-3-7-15-30/h2-22,34,40H,23-24H2,1H3/b35-33+/t34-/m0/s1. The summed E-state index contributed by atoms with van der Waals surface area (Å²) in [4.78, 5) is 32.8. The van der Waals surface area contributed by atoms with Crippen LogP contribution in [0.4, 0.5) is 0 Å². The van der Waals surface area contributed by atoms with Gasteiger partial charge in [0.05, 0.1) is 11.6 Å². The first-order chi connectivity index (χ1) is 21.5. The maximum Gasteiger partial charge on any atom is 0.295 e. The molecule has 218 valence electrons. The van der Waals surface area contributed by atoms with Gasteiger partial charge in [0.15, 0.2) is 0 Å². The molecule has 1 fully saturated rings. The summed E-state index contributed by atoms with van der Waals surface area (Å²) in [5.74, 6) is 0.136. The lowest BCUT2D eigenvalue weighted by Gasteiger charge is -2.25. The van der Waals surface area contributed by atoms with Crippen LogP contribution in [0, 0.1) is 6.92 Å². The molecule has 1 aromatic heterocycles. The molecule has 7 heteroatoms. The number of carbonyl (C=O) groups excluding carboxylic acids is 2. The van der Waals surface area contributed by atoms with E-state index < -0.39 is 17.7 Å². The molecule has 7 nitrogen and oxygen atoms in total. The Balaban J connectivity index is 1.38. The second-order valence-electron chi connectivity index (χ2n) is 10.5. The van der Waals surface area contributed by atoms with E-state index in [0.29, 0.717) is 35.0 Å². The molecular weight excluding hydrogens is 552 g/mol. The number of ether oxygens (including phenoxy) is 2. The smallest absolute Gasteiger partial charge is 0.295 e. The van der Waals surface area contributed by atoms with Crippen LogP contribution in [-0.2, 0) is 22.7 Å². The molecule has 1 saturated heterocycles. The van der Waals surface area contributed by atoms with E-state index in [1.807, 2.05) is 79.7 Å². The molecule has 4 aromatic carbocycles. The molecule has 44 heavy (non-hydrogen) atoms. The molecule has 1 aliphatic heterocycles. The van der Waals surface area contributed by atoms with Crippen LogP contribution in [0.15, 0.2) is 133 Å². The Labute approximate surface area is 255 Å². The molecule has 0 unspecified atom stereocenters. The minimum atomic E-state index is -0.858. The molecule has 1 aliphatic rings. The third kappa shape index (κ3) is 6.08. The third-order valence-corrected chi connectivity index (χ3v) is 7.45. The largest absolute Gasteiger partial charge is 0.507 e. The number of hydrogen-bond donors (Lipinski definition) is 1. The fourth-order valence-electron chi connectivity index (χ4n) is 5.30. The number of aliphatic hydroxyl groups is 1. The minimum Gasteiger partial charge on any atom is -0.507 e. The van der Waals surface area contributed by atoms with Gasteiger partial charge >= 0.3 is 0 Å². The topological polar surface area (TPSA) is 89.0 Å². The van der Waals surface area contributed by atoms with Crippen molar-refractivity contribution in [1.82, 2.24) is 9.88 Å². The molecule has 2 heterocycles. The van der Waals surface area contributed by atoms with Gasteiger partial charge in [-0.3, -0.25) is 14.6 Å². The molecule has 5 aromatic rings. The van der Waals surface area contributed by atoms with Crippen molar-refractivity contribution in [3.05, 3.63) is 161 Å². The molecule has 0 aliphatic carbocycles. The zero-order chi connectivity index (χ0) is 30.5. The van der Waals surface area contributed by atoms with E-state index in [-0.39, 0.29) is 17.9 Å². The molecule has 0 spiro atoms. The zero-order valence-corrected chi connectivity index (χ0v) is 24.1. The van der Waals surface area contributed by atoms with Gasteiger partial charge in [-0.25, -0.2) is 0 Å². The maximum atomic E-state index is 13.6. The van der Waals surface area contributed by atoms with Gasteiger partial charge < -0.3 is 19.5 Å². The minimum absolute atomic E-state index is 0.00750. The highest BCUT2D eigenvalue weighted by Gasteiger charge is 2.46. The third-order valence-electron chi connectivity index (χ3n) is 7.45. The number of ketones is 1.